The predicted octanol–water partition coefficient (Wildman–Crippen LogP) is 4.03. The summed E-state index contributed by atoms with van der Waals surface area (Å²) in [6.45, 7) is 4.03. The molecule has 0 bridgehead atoms. The molecule has 150 valence electrons. The third-order valence-electron chi connectivity index (χ3n) is 5.30. The second-order valence-corrected chi connectivity index (χ2v) is 7.97. The summed E-state index contributed by atoms with van der Waals surface area (Å²) in [7, 11) is 2.10. The fraction of sp³-hybridized carbons (Fsp3) is 0.304. The molecule has 4 rings (SSSR count). The quantitative estimate of drug-likeness (QED) is 0.654. The zero-order valence-corrected chi connectivity index (χ0v) is 17.3. The van der Waals surface area contributed by atoms with Gasteiger partial charge in [-0.3, -0.25) is 9.48 Å². The Hall–Kier alpha value is -2.63. The lowest BCUT2D eigenvalue weighted by atomic mass is 10.1. The molecule has 0 unspecified atom stereocenters. The SMILES string of the molecule is CN1CCCN(C(=O)c2cn(Cc3ccccc3)nc2-c2ccc(Cl)cc2)CC1. The van der Waals surface area contributed by atoms with E-state index in [0.717, 1.165) is 43.7 Å². The standard InChI is InChI=1S/C23H25ClN4O/c1-26-12-5-13-27(15-14-26)23(29)21-17-28(16-18-6-3-2-4-7-18)25-22(21)19-8-10-20(24)11-9-19/h2-4,6-11,17H,5,12-16H2,1H3. The van der Waals surface area contributed by atoms with Gasteiger partial charge in [0, 0.05) is 36.4 Å². The zero-order valence-electron chi connectivity index (χ0n) is 16.6. The van der Waals surface area contributed by atoms with Crippen molar-refractivity contribution in [1.29, 1.82) is 0 Å². The van der Waals surface area contributed by atoms with E-state index in [1.165, 1.54) is 0 Å². The number of hydrogen-bond acceptors (Lipinski definition) is 3. The molecule has 0 aliphatic carbocycles. The number of hydrogen-bond donors (Lipinski definition) is 0. The molecule has 29 heavy (non-hydrogen) atoms. The summed E-state index contributed by atoms with van der Waals surface area (Å²) in [4.78, 5) is 17.6. The Morgan fingerprint density at radius 2 is 1.76 bits per heavy atom. The zero-order chi connectivity index (χ0) is 20.2. The van der Waals surface area contributed by atoms with Crippen LogP contribution in [0.4, 0.5) is 0 Å². The van der Waals surface area contributed by atoms with Crippen LogP contribution in [0.1, 0.15) is 22.3 Å². The highest BCUT2D eigenvalue weighted by Gasteiger charge is 2.24. The Bertz CT molecular complexity index is 968. The largest absolute Gasteiger partial charge is 0.337 e. The molecule has 5 nitrogen and oxygen atoms in total. The van der Waals surface area contributed by atoms with E-state index in [-0.39, 0.29) is 5.91 Å². The lowest BCUT2D eigenvalue weighted by Crippen LogP contribution is -2.34. The highest BCUT2D eigenvalue weighted by molar-refractivity contribution is 6.30. The van der Waals surface area contributed by atoms with Gasteiger partial charge in [0.1, 0.15) is 5.69 Å². The molecule has 1 fully saturated rings. The minimum atomic E-state index is 0.0459. The number of benzene rings is 2. The van der Waals surface area contributed by atoms with Crippen molar-refractivity contribution in [3.05, 3.63) is 76.9 Å². The van der Waals surface area contributed by atoms with Gasteiger partial charge in [-0.15, -0.1) is 0 Å². The second kappa shape index (κ2) is 8.80. The fourth-order valence-electron chi connectivity index (χ4n) is 3.67. The third-order valence-corrected chi connectivity index (χ3v) is 5.56. The van der Waals surface area contributed by atoms with Crippen LogP contribution in [0.15, 0.2) is 60.8 Å². The number of aromatic nitrogens is 2. The number of nitrogens with zero attached hydrogens (tertiary/aromatic N) is 4. The summed E-state index contributed by atoms with van der Waals surface area (Å²) < 4.78 is 1.86. The van der Waals surface area contributed by atoms with Gasteiger partial charge < -0.3 is 9.80 Å². The van der Waals surface area contributed by atoms with E-state index in [4.69, 9.17) is 16.7 Å². The molecular formula is C23H25ClN4O. The Morgan fingerprint density at radius 1 is 1.00 bits per heavy atom. The van der Waals surface area contributed by atoms with Gasteiger partial charge in [-0.25, -0.2) is 0 Å². The van der Waals surface area contributed by atoms with Gasteiger partial charge in [-0.1, -0.05) is 54.1 Å². The van der Waals surface area contributed by atoms with Crippen molar-refractivity contribution in [2.45, 2.75) is 13.0 Å². The molecule has 0 spiro atoms. The van der Waals surface area contributed by atoms with Gasteiger partial charge in [0.15, 0.2) is 0 Å². The first-order chi connectivity index (χ1) is 14.1. The summed E-state index contributed by atoms with van der Waals surface area (Å²) >= 11 is 6.06. The monoisotopic (exact) mass is 408 g/mol. The van der Waals surface area contributed by atoms with Crippen molar-refractivity contribution in [1.82, 2.24) is 19.6 Å². The fourth-order valence-corrected chi connectivity index (χ4v) is 3.80. The van der Waals surface area contributed by atoms with Crippen molar-refractivity contribution in [3.63, 3.8) is 0 Å². The van der Waals surface area contributed by atoms with E-state index in [2.05, 4.69) is 24.1 Å². The van der Waals surface area contributed by atoms with Crippen LogP contribution in [0.5, 0.6) is 0 Å². The average molecular weight is 409 g/mol. The second-order valence-electron chi connectivity index (χ2n) is 7.53. The number of likely N-dealkylation sites (N-methyl/N-ethyl adjacent to an activating group) is 1. The Morgan fingerprint density at radius 3 is 2.52 bits per heavy atom. The van der Waals surface area contributed by atoms with Gasteiger partial charge in [-0.2, -0.15) is 5.10 Å². The van der Waals surface area contributed by atoms with Crippen molar-refractivity contribution in [2.75, 3.05) is 33.2 Å². The van der Waals surface area contributed by atoms with Gasteiger partial charge in [0.25, 0.3) is 5.91 Å². The summed E-state index contributed by atoms with van der Waals surface area (Å²) in [6.07, 6.45) is 2.87. The van der Waals surface area contributed by atoms with Crippen LogP contribution >= 0.6 is 11.6 Å². The molecule has 1 aliphatic rings. The molecule has 2 aromatic carbocycles. The number of amides is 1. The predicted molar refractivity (Wildman–Crippen MR) is 116 cm³/mol. The third kappa shape index (κ3) is 4.69. The normalized spacial score (nSPS) is 15.3. The van der Waals surface area contributed by atoms with Crippen molar-refractivity contribution < 1.29 is 4.79 Å². The van der Waals surface area contributed by atoms with Gasteiger partial charge in [0.2, 0.25) is 0 Å². The van der Waals surface area contributed by atoms with Gasteiger partial charge >= 0.3 is 0 Å². The summed E-state index contributed by atoms with van der Waals surface area (Å²) in [5, 5.41) is 5.44. The molecule has 6 heteroatoms. The average Bonchev–Trinajstić information content (AvgIpc) is 3.02. The summed E-state index contributed by atoms with van der Waals surface area (Å²) in [6, 6.07) is 17.7. The number of rotatable bonds is 4. The first-order valence-corrected chi connectivity index (χ1v) is 10.3. The maximum atomic E-state index is 13.4. The van der Waals surface area contributed by atoms with E-state index >= 15 is 0 Å². The topological polar surface area (TPSA) is 41.4 Å². The van der Waals surface area contributed by atoms with Gasteiger partial charge in [-0.05, 0) is 37.7 Å². The van der Waals surface area contributed by atoms with E-state index in [0.29, 0.717) is 22.8 Å². The maximum Gasteiger partial charge on any atom is 0.257 e. The van der Waals surface area contributed by atoms with Crippen LogP contribution in [-0.4, -0.2) is 58.7 Å². The summed E-state index contributed by atoms with van der Waals surface area (Å²) in [5.41, 5.74) is 3.40. The molecule has 1 amide bonds. The highest BCUT2D eigenvalue weighted by atomic mass is 35.5. The molecule has 0 radical (unpaired) electrons. The number of carbonyl (C=O) groups excluding carboxylic acids is 1. The molecule has 0 atom stereocenters. The maximum absolute atomic E-state index is 13.4. The highest BCUT2D eigenvalue weighted by Crippen LogP contribution is 2.26. The van der Waals surface area contributed by atoms with Crippen LogP contribution in [0, 0.1) is 0 Å². The Labute approximate surface area is 176 Å². The number of carbonyl (C=O) groups is 1. The van der Waals surface area contributed by atoms with Crippen LogP contribution in [0.3, 0.4) is 0 Å². The first-order valence-electron chi connectivity index (χ1n) is 9.95. The first kappa shape index (κ1) is 19.7. The Kier molecular flexibility index (Phi) is 5.97. The molecule has 1 aliphatic heterocycles. The van der Waals surface area contributed by atoms with Crippen LogP contribution in [-0.2, 0) is 6.54 Å². The Balaban J connectivity index is 1.68. The molecule has 0 N–H and O–H groups in total. The van der Waals surface area contributed by atoms with Crippen LogP contribution < -0.4 is 0 Å². The van der Waals surface area contributed by atoms with Crippen molar-refractivity contribution >= 4 is 17.5 Å². The number of halogens is 1. The molecule has 2 heterocycles. The minimum Gasteiger partial charge on any atom is -0.337 e. The van der Waals surface area contributed by atoms with E-state index in [9.17, 15) is 4.79 Å². The van der Waals surface area contributed by atoms with Gasteiger partial charge in [0.05, 0.1) is 12.1 Å². The minimum absolute atomic E-state index is 0.0459. The van der Waals surface area contributed by atoms with E-state index in [1.54, 1.807) is 0 Å². The lowest BCUT2D eigenvalue weighted by Gasteiger charge is -2.20. The van der Waals surface area contributed by atoms with Crippen LogP contribution in [0.25, 0.3) is 11.3 Å². The van der Waals surface area contributed by atoms with E-state index in [1.807, 2.05) is 58.2 Å². The smallest absolute Gasteiger partial charge is 0.257 e. The summed E-state index contributed by atoms with van der Waals surface area (Å²) in [5.74, 6) is 0.0459. The molecular weight excluding hydrogens is 384 g/mol. The molecule has 1 saturated heterocycles. The van der Waals surface area contributed by atoms with E-state index < -0.39 is 0 Å². The van der Waals surface area contributed by atoms with Crippen LogP contribution in [0.2, 0.25) is 5.02 Å². The van der Waals surface area contributed by atoms with Crippen molar-refractivity contribution in [2.24, 2.45) is 0 Å². The molecule has 3 aromatic rings. The molecule has 1 aromatic heterocycles. The lowest BCUT2D eigenvalue weighted by molar-refractivity contribution is 0.0763. The molecule has 0 saturated carbocycles. The van der Waals surface area contributed by atoms with Crippen molar-refractivity contribution in [3.8, 4) is 11.3 Å².